The van der Waals surface area contributed by atoms with Gasteiger partial charge in [-0.25, -0.2) is 4.98 Å². The summed E-state index contributed by atoms with van der Waals surface area (Å²) in [7, 11) is 3.20. The van der Waals surface area contributed by atoms with E-state index in [1.807, 2.05) is 37.4 Å². The maximum atomic E-state index is 13.0. The Kier molecular flexibility index (Phi) is 10.7. The van der Waals surface area contributed by atoms with Crippen LogP contribution in [-0.2, 0) is 27.2 Å². The van der Waals surface area contributed by atoms with Gasteiger partial charge in [-0.2, -0.15) is 0 Å². The third-order valence-corrected chi connectivity index (χ3v) is 7.01. The first kappa shape index (κ1) is 27.5. The molecule has 2 aromatic rings. The molecule has 2 amide bonds. The van der Waals surface area contributed by atoms with Crippen molar-refractivity contribution in [3.63, 3.8) is 0 Å². The second kappa shape index (κ2) is 13.2. The molecule has 0 saturated carbocycles. The SMILES string of the molecule is COC(=O)[C@@H](C)C[C@H](Cc1ccccc1)NC(=O)c1csc(CC[C@H](C(C)C)N(C)C(C)=O)n1. The summed E-state index contributed by atoms with van der Waals surface area (Å²) >= 11 is 1.46. The van der Waals surface area contributed by atoms with Crippen LogP contribution in [0, 0.1) is 11.8 Å². The summed E-state index contributed by atoms with van der Waals surface area (Å²) in [6.45, 7) is 7.59. The maximum absolute atomic E-state index is 13.0. The smallest absolute Gasteiger partial charge is 0.308 e. The number of esters is 1. The fourth-order valence-electron chi connectivity index (χ4n) is 4.08. The Labute approximate surface area is 206 Å². The third-order valence-electron chi connectivity index (χ3n) is 6.10. The molecule has 0 bridgehead atoms. The van der Waals surface area contributed by atoms with Crippen LogP contribution in [0.3, 0.4) is 0 Å². The molecule has 34 heavy (non-hydrogen) atoms. The van der Waals surface area contributed by atoms with Crippen molar-refractivity contribution in [2.45, 2.75) is 65.5 Å². The van der Waals surface area contributed by atoms with Crippen molar-refractivity contribution in [1.29, 1.82) is 0 Å². The number of ether oxygens (including phenoxy) is 1. The highest BCUT2D eigenvalue weighted by molar-refractivity contribution is 7.09. The molecule has 0 fully saturated rings. The van der Waals surface area contributed by atoms with E-state index in [9.17, 15) is 14.4 Å². The third kappa shape index (κ3) is 8.24. The number of aryl methyl sites for hydroxylation is 1. The molecule has 1 aromatic heterocycles. The molecule has 3 atom stereocenters. The van der Waals surface area contributed by atoms with E-state index in [1.54, 1.807) is 24.1 Å². The van der Waals surface area contributed by atoms with Crippen molar-refractivity contribution >= 4 is 29.1 Å². The van der Waals surface area contributed by atoms with Crippen LogP contribution in [0.25, 0.3) is 0 Å². The lowest BCUT2D eigenvalue weighted by atomic mass is 9.96. The van der Waals surface area contributed by atoms with Crippen LogP contribution in [0.5, 0.6) is 0 Å². The molecule has 8 heteroatoms. The summed E-state index contributed by atoms with van der Waals surface area (Å²) in [5.41, 5.74) is 1.46. The predicted molar refractivity (Wildman–Crippen MR) is 135 cm³/mol. The lowest BCUT2D eigenvalue weighted by molar-refractivity contribution is -0.145. The van der Waals surface area contributed by atoms with Crippen LogP contribution in [0.15, 0.2) is 35.7 Å². The Balaban J connectivity index is 2.06. The van der Waals surface area contributed by atoms with Gasteiger partial charge in [-0.3, -0.25) is 14.4 Å². The van der Waals surface area contributed by atoms with Gasteiger partial charge < -0.3 is 15.0 Å². The van der Waals surface area contributed by atoms with E-state index < -0.39 is 0 Å². The van der Waals surface area contributed by atoms with Crippen molar-refractivity contribution in [3.8, 4) is 0 Å². The van der Waals surface area contributed by atoms with E-state index in [0.29, 0.717) is 30.9 Å². The quantitative estimate of drug-likeness (QED) is 0.455. The van der Waals surface area contributed by atoms with Crippen LogP contribution in [0.2, 0.25) is 0 Å². The number of nitrogens with zero attached hydrogens (tertiary/aromatic N) is 2. The highest BCUT2D eigenvalue weighted by Crippen LogP contribution is 2.20. The number of hydrogen-bond acceptors (Lipinski definition) is 6. The van der Waals surface area contributed by atoms with E-state index in [4.69, 9.17) is 4.74 Å². The zero-order valence-corrected chi connectivity index (χ0v) is 21.9. The van der Waals surface area contributed by atoms with Crippen LogP contribution in [0.1, 0.15) is 61.6 Å². The first-order valence-corrected chi connectivity index (χ1v) is 12.6. The molecule has 0 aliphatic rings. The highest BCUT2D eigenvalue weighted by Gasteiger charge is 2.24. The van der Waals surface area contributed by atoms with Crippen LogP contribution >= 0.6 is 11.3 Å². The van der Waals surface area contributed by atoms with E-state index in [2.05, 4.69) is 24.1 Å². The molecule has 0 radical (unpaired) electrons. The Morgan fingerprint density at radius 1 is 1.15 bits per heavy atom. The normalized spacial score (nSPS) is 13.7. The minimum absolute atomic E-state index is 0.0450. The number of aromatic nitrogens is 1. The minimum atomic E-state index is -0.337. The second-order valence-electron chi connectivity index (χ2n) is 9.13. The van der Waals surface area contributed by atoms with Crippen molar-refractivity contribution in [2.75, 3.05) is 14.2 Å². The fraction of sp³-hybridized carbons (Fsp3) is 0.538. The number of thiazole rings is 1. The van der Waals surface area contributed by atoms with Crippen molar-refractivity contribution in [3.05, 3.63) is 52.0 Å². The van der Waals surface area contributed by atoms with Crippen molar-refractivity contribution in [2.24, 2.45) is 11.8 Å². The van der Waals surface area contributed by atoms with Crippen LogP contribution in [0.4, 0.5) is 0 Å². The summed E-state index contributed by atoms with van der Waals surface area (Å²) in [4.78, 5) is 43.1. The summed E-state index contributed by atoms with van der Waals surface area (Å²) in [6.07, 6.45) is 2.57. The summed E-state index contributed by atoms with van der Waals surface area (Å²) in [5, 5.41) is 5.71. The zero-order chi connectivity index (χ0) is 25.3. The Hall–Kier alpha value is -2.74. The summed E-state index contributed by atoms with van der Waals surface area (Å²) < 4.78 is 4.86. The van der Waals surface area contributed by atoms with Crippen molar-refractivity contribution < 1.29 is 19.1 Å². The molecule has 186 valence electrons. The number of methoxy groups -OCH3 is 1. The van der Waals surface area contributed by atoms with Crippen LogP contribution in [-0.4, -0.2) is 53.9 Å². The highest BCUT2D eigenvalue weighted by atomic mass is 32.1. The molecular formula is C26H37N3O4S. The van der Waals surface area contributed by atoms with Gasteiger partial charge in [0.2, 0.25) is 5.91 Å². The Morgan fingerprint density at radius 2 is 1.82 bits per heavy atom. The van der Waals surface area contributed by atoms with E-state index in [0.717, 1.165) is 17.0 Å². The fourth-order valence-corrected chi connectivity index (χ4v) is 4.88. The molecule has 1 N–H and O–H groups in total. The average molecular weight is 488 g/mol. The number of hydrogen-bond donors (Lipinski definition) is 1. The van der Waals surface area contributed by atoms with Gasteiger partial charge in [0.25, 0.3) is 5.91 Å². The monoisotopic (exact) mass is 487 g/mol. The number of benzene rings is 1. The average Bonchev–Trinajstić information content (AvgIpc) is 3.28. The standard InChI is InChI=1S/C26H37N3O4S/c1-17(2)23(29(5)19(4)30)12-13-24-28-22(16-34-24)25(31)27-21(14-18(3)26(32)33-6)15-20-10-8-7-9-11-20/h7-11,16-18,21,23H,12-15H2,1-6H3,(H,27,31)/t18-,21+,23+/m0/s1. The molecule has 1 aromatic carbocycles. The van der Waals surface area contributed by atoms with E-state index >= 15 is 0 Å². The maximum Gasteiger partial charge on any atom is 0.308 e. The lowest BCUT2D eigenvalue weighted by Crippen LogP contribution is -2.39. The number of amides is 2. The predicted octanol–water partition coefficient (Wildman–Crippen LogP) is 4.12. The molecule has 0 aliphatic carbocycles. The number of nitrogens with one attached hydrogen (secondary N) is 1. The topological polar surface area (TPSA) is 88.6 Å². The Bertz CT molecular complexity index is 945. The van der Waals surface area contributed by atoms with Gasteiger partial charge in [-0.1, -0.05) is 51.1 Å². The Morgan fingerprint density at radius 3 is 2.41 bits per heavy atom. The molecule has 0 saturated heterocycles. The van der Waals surface area contributed by atoms with Gasteiger partial charge in [-0.05, 0) is 30.7 Å². The second-order valence-corrected chi connectivity index (χ2v) is 10.1. The number of carbonyl (C=O) groups excluding carboxylic acids is 3. The van der Waals surface area contributed by atoms with Gasteiger partial charge in [0.15, 0.2) is 0 Å². The molecule has 0 unspecified atom stereocenters. The van der Waals surface area contributed by atoms with Gasteiger partial charge in [0.1, 0.15) is 5.69 Å². The molecule has 0 aliphatic heterocycles. The largest absolute Gasteiger partial charge is 0.469 e. The summed E-state index contributed by atoms with van der Waals surface area (Å²) in [5.74, 6) is -0.507. The molecule has 1 heterocycles. The molecular weight excluding hydrogens is 450 g/mol. The number of carbonyl (C=O) groups is 3. The first-order chi connectivity index (χ1) is 16.1. The minimum Gasteiger partial charge on any atom is -0.469 e. The summed E-state index contributed by atoms with van der Waals surface area (Å²) in [6, 6.07) is 9.76. The molecule has 0 spiro atoms. The lowest BCUT2D eigenvalue weighted by Gasteiger charge is -2.30. The molecule has 2 rings (SSSR count). The van der Waals surface area contributed by atoms with Gasteiger partial charge in [-0.15, -0.1) is 11.3 Å². The van der Waals surface area contributed by atoms with Crippen molar-refractivity contribution in [1.82, 2.24) is 15.2 Å². The van der Waals surface area contributed by atoms with Crippen LogP contribution < -0.4 is 5.32 Å². The number of rotatable bonds is 12. The van der Waals surface area contributed by atoms with Gasteiger partial charge in [0.05, 0.1) is 18.0 Å². The first-order valence-electron chi connectivity index (χ1n) is 11.7. The van der Waals surface area contributed by atoms with E-state index in [1.165, 1.54) is 18.4 Å². The van der Waals surface area contributed by atoms with E-state index in [-0.39, 0.29) is 35.8 Å². The van der Waals surface area contributed by atoms with Gasteiger partial charge >= 0.3 is 5.97 Å². The van der Waals surface area contributed by atoms with Gasteiger partial charge in [0, 0.05) is 37.9 Å². The molecule has 7 nitrogen and oxygen atoms in total. The zero-order valence-electron chi connectivity index (χ0n) is 21.0.